The highest BCUT2D eigenvalue weighted by molar-refractivity contribution is 5.89. The van der Waals surface area contributed by atoms with Crippen molar-refractivity contribution in [2.45, 2.75) is 61.0 Å². The number of fused-ring (bicyclic) bond motifs is 4. The molecule has 1 N–H and O–H groups in total. The minimum atomic E-state index is -0.421. The van der Waals surface area contributed by atoms with E-state index in [9.17, 15) is 13.6 Å². The van der Waals surface area contributed by atoms with Crippen molar-refractivity contribution in [1.82, 2.24) is 20.2 Å². The van der Waals surface area contributed by atoms with Crippen LogP contribution >= 0.6 is 0 Å². The average Bonchev–Trinajstić information content (AvgIpc) is 4.19. The predicted octanol–water partition coefficient (Wildman–Crippen LogP) is 13.5. The number of carbonyl (C=O) groups excluding carboxylic acids is 1. The first kappa shape index (κ1) is 53.1. The van der Waals surface area contributed by atoms with E-state index in [4.69, 9.17) is 33.2 Å². The van der Waals surface area contributed by atoms with Crippen LogP contribution in [0.25, 0.3) is 21.8 Å². The van der Waals surface area contributed by atoms with Crippen molar-refractivity contribution in [1.29, 1.82) is 0 Å². The highest BCUT2D eigenvalue weighted by Gasteiger charge is 2.43. The Morgan fingerprint density at radius 1 is 0.581 bits per heavy atom. The van der Waals surface area contributed by atoms with Gasteiger partial charge in [-0.2, -0.15) is 0 Å². The Bertz CT molecular complexity index is 3030. The fraction of sp³-hybridized carbons (Fsp3) is 0.383. The lowest BCUT2D eigenvalue weighted by molar-refractivity contribution is 0.100. The Morgan fingerprint density at radius 3 is 1.51 bits per heavy atom. The van der Waals surface area contributed by atoms with E-state index in [1.54, 1.807) is 56.9 Å². The minimum Gasteiger partial charge on any atom is -0.493 e. The van der Waals surface area contributed by atoms with Gasteiger partial charge in [-0.3, -0.25) is 9.97 Å². The molecule has 0 radical (unpaired) electrons. The smallest absolute Gasteiger partial charge is 0.410 e. The third kappa shape index (κ3) is 12.1. The number of nitrogens with zero attached hydrogens (tertiary/aromatic N) is 3. The number of pyridine rings is 2. The topological polar surface area (TPSA) is 123 Å². The number of amides is 1. The van der Waals surface area contributed by atoms with Gasteiger partial charge >= 0.3 is 6.09 Å². The van der Waals surface area contributed by atoms with E-state index in [-0.39, 0.29) is 32.4 Å². The lowest BCUT2D eigenvalue weighted by Crippen LogP contribution is -2.30. The molecular formula is C60H68F2N4O8. The quantitative estimate of drug-likeness (QED) is 0.112. The lowest BCUT2D eigenvalue weighted by atomic mass is 10.0. The zero-order valence-corrected chi connectivity index (χ0v) is 41.1. The maximum absolute atomic E-state index is 14.4. The fourth-order valence-electron chi connectivity index (χ4n) is 11.0. The number of halogens is 2. The highest BCUT2D eigenvalue weighted by atomic mass is 19.1. The number of aromatic nitrogens is 2. The molecule has 7 aromatic rings. The maximum atomic E-state index is 14.4. The summed E-state index contributed by atoms with van der Waals surface area (Å²) >= 11 is 0. The monoisotopic (exact) mass is 1010 g/mol. The summed E-state index contributed by atoms with van der Waals surface area (Å²) in [6.45, 7) is 8.92. The second kappa shape index (κ2) is 23.8. The van der Waals surface area contributed by atoms with Crippen LogP contribution in [-0.4, -0.2) is 74.6 Å². The number of hydrogen-bond acceptors (Lipinski definition) is 11. The van der Waals surface area contributed by atoms with Crippen molar-refractivity contribution >= 4 is 27.9 Å². The number of methoxy groups -OCH3 is 2. The van der Waals surface area contributed by atoms with Gasteiger partial charge in [0.25, 0.3) is 0 Å². The molecule has 4 fully saturated rings. The normalized spacial score (nSPS) is 20.3. The van der Waals surface area contributed by atoms with E-state index >= 15 is 0 Å². The zero-order chi connectivity index (χ0) is 49.7. The maximum Gasteiger partial charge on any atom is 0.410 e. The summed E-state index contributed by atoms with van der Waals surface area (Å²) in [6, 6.07) is 30.4. The molecule has 2 aliphatic carbocycles. The summed E-state index contributed by atoms with van der Waals surface area (Å²) in [5.74, 6) is 6.43. The van der Waals surface area contributed by atoms with E-state index in [0.29, 0.717) is 94.4 Å². The summed E-state index contributed by atoms with van der Waals surface area (Å²) in [5.41, 5.74) is 4.03. The van der Waals surface area contributed by atoms with Crippen molar-refractivity contribution < 1.29 is 46.7 Å². The molecular weight excluding hydrogens is 943 g/mol. The number of ether oxygens (including phenoxy) is 7. The fourth-order valence-corrected chi connectivity index (χ4v) is 11.0. The van der Waals surface area contributed by atoms with Gasteiger partial charge in [0.05, 0.1) is 38.5 Å². The van der Waals surface area contributed by atoms with Gasteiger partial charge in [-0.25, -0.2) is 13.6 Å². The Balaban J connectivity index is 0.000000199. The van der Waals surface area contributed by atoms with Crippen LogP contribution in [0.3, 0.4) is 0 Å². The SMILES string of the molecule is C.C.COc1cc2c(Oc3ccc(C)cc3F)ccnc2cc1OCC1CC2CN(C(=O)OCc3ccccc3)CC2C1.COc1cc2c(Oc3ccc(C)cc3F)ccnc2cc1OCC1CC2CNCC2C1. The highest BCUT2D eigenvalue weighted by Crippen LogP contribution is 2.44. The Labute approximate surface area is 433 Å². The van der Waals surface area contributed by atoms with Crippen molar-refractivity contribution in [3.8, 4) is 46.0 Å². The second-order valence-electron chi connectivity index (χ2n) is 19.7. The summed E-state index contributed by atoms with van der Waals surface area (Å²) in [7, 11) is 3.21. The van der Waals surface area contributed by atoms with Crippen molar-refractivity contribution in [3.05, 3.63) is 144 Å². The van der Waals surface area contributed by atoms with Crippen LogP contribution in [0.2, 0.25) is 0 Å². The van der Waals surface area contributed by atoms with Gasteiger partial charge in [0, 0.05) is 48.4 Å². The molecule has 2 saturated carbocycles. The van der Waals surface area contributed by atoms with Gasteiger partial charge in [0.1, 0.15) is 18.1 Å². The van der Waals surface area contributed by atoms with Gasteiger partial charge in [0.2, 0.25) is 0 Å². The van der Waals surface area contributed by atoms with Crippen LogP contribution < -0.4 is 33.7 Å². The second-order valence-corrected chi connectivity index (χ2v) is 19.7. The molecule has 0 spiro atoms. The number of hydrogen-bond donors (Lipinski definition) is 1. The number of carbonyl (C=O) groups is 1. The number of nitrogens with one attached hydrogen (secondary N) is 1. The molecule has 74 heavy (non-hydrogen) atoms. The molecule has 4 heterocycles. The van der Waals surface area contributed by atoms with Crippen LogP contribution in [-0.2, 0) is 11.3 Å². The number of aryl methyl sites for hydroxylation is 2. The molecule has 12 nitrogen and oxygen atoms in total. The summed E-state index contributed by atoms with van der Waals surface area (Å²) in [4.78, 5) is 23.4. The van der Waals surface area contributed by atoms with Gasteiger partial charge in [-0.15, -0.1) is 0 Å². The molecule has 11 rings (SSSR count). The molecule has 14 heteroatoms. The van der Waals surface area contributed by atoms with Crippen LogP contribution in [0.15, 0.2) is 116 Å². The molecule has 2 aliphatic heterocycles. The standard InChI is InChI=1S/C33H33FN2O5.C25H27FN2O3.2CH4/c1-21-8-9-30(27(34)12-21)41-29-10-11-35-28-16-32(31(38-2)15-26(28)29)39-20-23-13-24-17-36(18-25(24)14-23)33(37)40-19-22-6-4-3-5-7-22;1-15-3-4-23(20(26)7-15)31-22-5-6-28-21-11-25(24(29-2)10-19(21)22)30-14-16-8-17-12-27-13-18(17)9-16;;/h3-12,15-16,23-25H,13-14,17-20H2,1-2H3;3-7,10-11,16-18,27H,8-9,12-14H2,1-2H3;2*1H4. The molecule has 4 aliphatic rings. The first-order valence-corrected chi connectivity index (χ1v) is 24.8. The third-order valence-electron chi connectivity index (χ3n) is 14.6. The molecule has 1 amide bonds. The molecule has 0 bridgehead atoms. The largest absolute Gasteiger partial charge is 0.493 e. The van der Waals surface area contributed by atoms with E-state index < -0.39 is 11.6 Å². The summed E-state index contributed by atoms with van der Waals surface area (Å²) in [6.07, 6.45) is 7.48. The third-order valence-corrected chi connectivity index (χ3v) is 14.6. The predicted molar refractivity (Wildman–Crippen MR) is 284 cm³/mol. The minimum absolute atomic E-state index is 0. The molecule has 2 saturated heterocycles. The Hall–Kier alpha value is -7.19. The van der Waals surface area contributed by atoms with E-state index in [1.807, 2.05) is 79.4 Å². The molecule has 4 unspecified atom stereocenters. The van der Waals surface area contributed by atoms with Crippen LogP contribution in [0.5, 0.6) is 46.0 Å². The van der Waals surface area contributed by atoms with Crippen molar-refractivity contribution in [2.75, 3.05) is 53.6 Å². The van der Waals surface area contributed by atoms with Gasteiger partial charge in [0.15, 0.2) is 46.1 Å². The number of benzene rings is 5. The zero-order valence-electron chi connectivity index (χ0n) is 41.1. The van der Waals surface area contributed by atoms with E-state index in [0.717, 1.165) is 72.9 Å². The van der Waals surface area contributed by atoms with Crippen LogP contribution in [0.1, 0.15) is 57.2 Å². The van der Waals surface area contributed by atoms with Crippen molar-refractivity contribution in [3.63, 3.8) is 0 Å². The first-order valence-electron chi connectivity index (χ1n) is 24.8. The first-order chi connectivity index (χ1) is 35.1. The van der Waals surface area contributed by atoms with Gasteiger partial charge in [-0.05, 0) is 153 Å². The number of rotatable bonds is 14. The van der Waals surface area contributed by atoms with E-state index in [1.165, 1.54) is 25.0 Å². The lowest BCUT2D eigenvalue weighted by Gasteiger charge is -2.20. The average molecular weight is 1010 g/mol. The van der Waals surface area contributed by atoms with Crippen LogP contribution in [0, 0.1) is 61.0 Å². The van der Waals surface area contributed by atoms with Crippen LogP contribution in [0.4, 0.5) is 13.6 Å². The molecule has 390 valence electrons. The Morgan fingerprint density at radius 2 is 1.05 bits per heavy atom. The summed E-state index contributed by atoms with van der Waals surface area (Å²) in [5, 5.41) is 4.93. The van der Waals surface area contributed by atoms with Gasteiger partial charge in [-0.1, -0.05) is 57.3 Å². The van der Waals surface area contributed by atoms with Gasteiger partial charge < -0.3 is 43.4 Å². The number of likely N-dealkylation sites (tertiary alicyclic amines) is 1. The molecule has 4 atom stereocenters. The molecule has 5 aromatic carbocycles. The van der Waals surface area contributed by atoms with E-state index in [2.05, 4.69) is 15.3 Å². The Kier molecular flexibility index (Phi) is 17.1. The summed E-state index contributed by atoms with van der Waals surface area (Å²) < 4.78 is 69.7. The van der Waals surface area contributed by atoms with Crippen molar-refractivity contribution in [2.24, 2.45) is 35.5 Å². The molecule has 2 aromatic heterocycles.